The minimum atomic E-state index is 0.142. The first-order chi connectivity index (χ1) is 10.3. The third-order valence-electron chi connectivity index (χ3n) is 4.07. The molecule has 0 aromatic heterocycles. The van der Waals surface area contributed by atoms with Crippen LogP contribution < -0.4 is 4.74 Å². The molecule has 1 aliphatic rings. The van der Waals surface area contributed by atoms with E-state index in [1.807, 2.05) is 30.0 Å². The second kappa shape index (κ2) is 6.54. The molecule has 3 heteroatoms. The first-order valence-corrected chi connectivity index (χ1v) is 8.32. The van der Waals surface area contributed by atoms with Crippen LogP contribution >= 0.6 is 11.8 Å². The lowest BCUT2D eigenvalue weighted by molar-refractivity contribution is 0.280. The number of aliphatic hydroxyl groups excluding tert-OH is 1. The average molecular weight is 300 g/mol. The summed E-state index contributed by atoms with van der Waals surface area (Å²) in [5, 5.41) is 10.0. The quantitative estimate of drug-likeness (QED) is 0.901. The Bertz CT molecular complexity index is 607. The number of aliphatic hydroxyl groups is 1. The molecule has 0 radical (unpaired) electrons. The maximum Gasteiger partial charge on any atom is 0.118 e. The van der Waals surface area contributed by atoms with Gasteiger partial charge in [0, 0.05) is 11.0 Å². The van der Waals surface area contributed by atoms with E-state index in [0.717, 1.165) is 23.5 Å². The highest BCUT2D eigenvalue weighted by atomic mass is 32.2. The molecule has 2 aromatic carbocycles. The Kier molecular flexibility index (Phi) is 4.51. The van der Waals surface area contributed by atoms with Gasteiger partial charge in [-0.3, -0.25) is 0 Å². The number of thioether (sulfide) groups is 1. The van der Waals surface area contributed by atoms with E-state index in [-0.39, 0.29) is 6.61 Å². The van der Waals surface area contributed by atoms with Crippen LogP contribution in [0, 0.1) is 0 Å². The molecule has 3 rings (SSSR count). The number of hydrogen-bond acceptors (Lipinski definition) is 3. The maximum absolute atomic E-state index is 9.54. The van der Waals surface area contributed by atoms with Gasteiger partial charge in [0.1, 0.15) is 5.75 Å². The molecule has 2 nitrogen and oxygen atoms in total. The summed E-state index contributed by atoms with van der Waals surface area (Å²) in [6.07, 6.45) is 2.30. The van der Waals surface area contributed by atoms with E-state index in [2.05, 4.69) is 24.3 Å². The molecule has 21 heavy (non-hydrogen) atoms. The topological polar surface area (TPSA) is 29.5 Å². The molecule has 0 saturated carbocycles. The van der Waals surface area contributed by atoms with Crippen molar-refractivity contribution in [3.8, 4) is 5.75 Å². The van der Waals surface area contributed by atoms with E-state index in [1.165, 1.54) is 23.1 Å². The molecule has 0 bridgehead atoms. The van der Waals surface area contributed by atoms with Crippen molar-refractivity contribution in [3.05, 3.63) is 64.7 Å². The first-order valence-electron chi connectivity index (χ1n) is 7.28. The molecule has 2 aromatic rings. The molecule has 1 aliphatic carbocycles. The van der Waals surface area contributed by atoms with Gasteiger partial charge in [-0.1, -0.05) is 30.3 Å². The van der Waals surface area contributed by atoms with E-state index in [1.54, 1.807) is 7.11 Å². The fourth-order valence-corrected chi connectivity index (χ4v) is 4.29. The molecular formula is C18H20O2S. The van der Waals surface area contributed by atoms with Gasteiger partial charge < -0.3 is 9.84 Å². The number of hydrogen-bond donors (Lipinski definition) is 1. The summed E-state index contributed by atoms with van der Waals surface area (Å²) in [5.74, 6) is 1.89. The SMILES string of the molecule is COc1ccc(CSC2CCc3cccc(CO)c32)cc1. The van der Waals surface area contributed by atoms with Crippen LogP contribution in [0.4, 0.5) is 0 Å². The van der Waals surface area contributed by atoms with Crippen molar-refractivity contribution >= 4 is 11.8 Å². The average Bonchev–Trinajstić information content (AvgIpc) is 2.96. The summed E-state index contributed by atoms with van der Waals surface area (Å²) < 4.78 is 5.19. The van der Waals surface area contributed by atoms with Crippen molar-refractivity contribution in [2.75, 3.05) is 7.11 Å². The highest BCUT2D eigenvalue weighted by Crippen LogP contribution is 2.44. The van der Waals surface area contributed by atoms with Gasteiger partial charge >= 0.3 is 0 Å². The monoisotopic (exact) mass is 300 g/mol. The van der Waals surface area contributed by atoms with E-state index in [0.29, 0.717) is 5.25 Å². The molecule has 110 valence electrons. The summed E-state index contributed by atoms with van der Waals surface area (Å²) in [7, 11) is 1.69. The Morgan fingerprint density at radius 2 is 2.00 bits per heavy atom. The smallest absolute Gasteiger partial charge is 0.118 e. The molecule has 0 spiro atoms. The molecule has 1 N–H and O–H groups in total. The predicted octanol–water partition coefficient (Wildman–Crippen LogP) is 4.11. The van der Waals surface area contributed by atoms with Gasteiger partial charge in [-0.2, -0.15) is 0 Å². The zero-order valence-corrected chi connectivity index (χ0v) is 13.0. The van der Waals surface area contributed by atoms with Crippen molar-refractivity contribution in [1.82, 2.24) is 0 Å². The van der Waals surface area contributed by atoms with E-state index >= 15 is 0 Å². The maximum atomic E-state index is 9.54. The Hall–Kier alpha value is -1.45. The second-order valence-corrected chi connectivity index (χ2v) is 6.53. The minimum Gasteiger partial charge on any atom is -0.497 e. The summed E-state index contributed by atoms with van der Waals surface area (Å²) in [6, 6.07) is 14.6. The van der Waals surface area contributed by atoms with Gasteiger partial charge in [0.05, 0.1) is 13.7 Å². The zero-order valence-electron chi connectivity index (χ0n) is 12.2. The van der Waals surface area contributed by atoms with Crippen molar-refractivity contribution in [3.63, 3.8) is 0 Å². The number of aryl methyl sites for hydroxylation is 1. The zero-order chi connectivity index (χ0) is 14.7. The Labute approximate surface area is 130 Å². The number of benzene rings is 2. The fourth-order valence-electron chi connectivity index (χ4n) is 2.95. The van der Waals surface area contributed by atoms with Crippen LogP contribution in [0.1, 0.15) is 33.9 Å². The van der Waals surface area contributed by atoms with Crippen LogP contribution in [-0.2, 0) is 18.8 Å². The summed E-state index contributed by atoms with van der Waals surface area (Å²) in [5.41, 5.74) is 5.19. The van der Waals surface area contributed by atoms with Gasteiger partial charge in [0.15, 0.2) is 0 Å². The van der Waals surface area contributed by atoms with Crippen LogP contribution in [0.5, 0.6) is 5.75 Å². The van der Waals surface area contributed by atoms with Gasteiger partial charge in [-0.05, 0) is 47.2 Å². The van der Waals surface area contributed by atoms with Crippen molar-refractivity contribution in [2.45, 2.75) is 30.5 Å². The molecule has 1 unspecified atom stereocenters. The summed E-state index contributed by atoms with van der Waals surface area (Å²) in [6.45, 7) is 0.142. The fraction of sp³-hybridized carbons (Fsp3) is 0.333. The lowest BCUT2D eigenvalue weighted by Crippen LogP contribution is -1.97. The number of fused-ring (bicyclic) bond motifs is 1. The number of ether oxygens (including phenoxy) is 1. The van der Waals surface area contributed by atoms with Gasteiger partial charge in [0.2, 0.25) is 0 Å². The van der Waals surface area contributed by atoms with Crippen LogP contribution in [0.15, 0.2) is 42.5 Å². The molecular weight excluding hydrogens is 280 g/mol. The van der Waals surface area contributed by atoms with Gasteiger partial charge in [-0.15, -0.1) is 11.8 Å². The predicted molar refractivity (Wildman–Crippen MR) is 87.7 cm³/mol. The number of methoxy groups -OCH3 is 1. The van der Waals surface area contributed by atoms with Crippen molar-refractivity contribution < 1.29 is 9.84 Å². The van der Waals surface area contributed by atoms with Crippen molar-refractivity contribution in [2.24, 2.45) is 0 Å². The lowest BCUT2D eigenvalue weighted by Gasteiger charge is -2.15. The van der Waals surface area contributed by atoms with E-state index in [9.17, 15) is 5.11 Å². The largest absolute Gasteiger partial charge is 0.497 e. The van der Waals surface area contributed by atoms with Gasteiger partial charge in [-0.25, -0.2) is 0 Å². The Morgan fingerprint density at radius 3 is 2.71 bits per heavy atom. The van der Waals surface area contributed by atoms with Crippen LogP contribution in [0.2, 0.25) is 0 Å². The molecule has 0 aliphatic heterocycles. The normalized spacial score (nSPS) is 16.8. The second-order valence-electron chi connectivity index (χ2n) is 5.33. The summed E-state index contributed by atoms with van der Waals surface area (Å²) >= 11 is 1.97. The molecule has 1 atom stereocenters. The van der Waals surface area contributed by atoms with Crippen LogP contribution in [0.25, 0.3) is 0 Å². The highest BCUT2D eigenvalue weighted by Gasteiger charge is 2.25. The van der Waals surface area contributed by atoms with Crippen LogP contribution in [0.3, 0.4) is 0 Å². The molecule has 0 fully saturated rings. The Balaban J connectivity index is 1.70. The summed E-state index contributed by atoms with van der Waals surface area (Å²) in [4.78, 5) is 0. The molecule has 0 amide bonds. The van der Waals surface area contributed by atoms with Gasteiger partial charge in [0.25, 0.3) is 0 Å². The first kappa shape index (κ1) is 14.5. The highest BCUT2D eigenvalue weighted by molar-refractivity contribution is 7.98. The molecule has 0 saturated heterocycles. The van der Waals surface area contributed by atoms with E-state index in [4.69, 9.17) is 4.74 Å². The lowest BCUT2D eigenvalue weighted by atomic mass is 10.0. The third kappa shape index (κ3) is 3.09. The number of rotatable bonds is 5. The minimum absolute atomic E-state index is 0.142. The third-order valence-corrected chi connectivity index (χ3v) is 5.44. The van der Waals surface area contributed by atoms with Crippen LogP contribution in [-0.4, -0.2) is 12.2 Å². The van der Waals surface area contributed by atoms with Crippen molar-refractivity contribution in [1.29, 1.82) is 0 Å². The standard InChI is InChI=1S/C18H20O2S/c1-20-16-8-5-13(6-9-16)12-21-17-10-7-14-3-2-4-15(11-19)18(14)17/h2-6,8-9,17,19H,7,10-12H2,1H3. The molecule has 0 heterocycles. The van der Waals surface area contributed by atoms with E-state index < -0.39 is 0 Å². The Morgan fingerprint density at radius 1 is 1.19 bits per heavy atom.